The van der Waals surface area contributed by atoms with Crippen molar-refractivity contribution in [3.8, 4) is 0 Å². The summed E-state index contributed by atoms with van der Waals surface area (Å²) < 4.78 is 0. The summed E-state index contributed by atoms with van der Waals surface area (Å²) in [6.45, 7) is 8.76. The molecule has 3 nitrogen and oxygen atoms in total. The van der Waals surface area contributed by atoms with Crippen LogP contribution in [0.3, 0.4) is 0 Å². The van der Waals surface area contributed by atoms with Crippen LogP contribution in [0.4, 0.5) is 0 Å². The number of hydrogen-bond donors (Lipinski definition) is 1. The summed E-state index contributed by atoms with van der Waals surface area (Å²) in [6, 6.07) is 10.4. The van der Waals surface area contributed by atoms with E-state index >= 15 is 0 Å². The maximum atomic E-state index is 12.9. The minimum Gasteiger partial charge on any atom is -0.341 e. The predicted octanol–water partition coefficient (Wildman–Crippen LogP) is 3.14. The van der Waals surface area contributed by atoms with Crippen LogP contribution >= 0.6 is 11.8 Å². The zero-order valence-electron chi connectivity index (χ0n) is 13.9. The Balaban J connectivity index is 1.97. The summed E-state index contributed by atoms with van der Waals surface area (Å²) in [5, 5.41) is 0.0281. The molecule has 0 spiro atoms. The molecule has 1 amide bonds. The van der Waals surface area contributed by atoms with E-state index in [4.69, 9.17) is 5.73 Å². The Morgan fingerprint density at radius 2 is 2.05 bits per heavy atom. The largest absolute Gasteiger partial charge is 0.341 e. The van der Waals surface area contributed by atoms with Crippen LogP contribution < -0.4 is 5.73 Å². The Morgan fingerprint density at radius 1 is 1.36 bits per heavy atom. The average molecular weight is 321 g/mol. The van der Waals surface area contributed by atoms with Crippen LogP contribution in [-0.2, 0) is 10.5 Å². The van der Waals surface area contributed by atoms with Gasteiger partial charge in [-0.25, -0.2) is 0 Å². The number of carbonyl (C=O) groups excluding carboxylic acids is 1. The number of thioether (sulfide) groups is 1. The molecule has 4 heteroatoms. The van der Waals surface area contributed by atoms with Crippen LogP contribution in [-0.4, -0.2) is 35.7 Å². The Morgan fingerprint density at radius 3 is 2.59 bits per heavy atom. The first-order valence-electron chi connectivity index (χ1n) is 8.09. The van der Waals surface area contributed by atoms with E-state index in [-0.39, 0.29) is 16.6 Å². The minimum atomic E-state index is 0.0281. The lowest BCUT2D eigenvalue weighted by Crippen LogP contribution is -2.40. The van der Waals surface area contributed by atoms with Crippen molar-refractivity contribution in [2.45, 2.75) is 38.2 Å². The van der Waals surface area contributed by atoms with Gasteiger partial charge in [0.05, 0.1) is 5.25 Å². The molecule has 2 N–H and O–H groups in total. The average Bonchev–Trinajstić information content (AvgIpc) is 2.91. The highest BCUT2D eigenvalue weighted by Crippen LogP contribution is 2.32. The summed E-state index contributed by atoms with van der Waals surface area (Å²) in [5.41, 5.74) is 7.23. The highest BCUT2D eigenvalue weighted by molar-refractivity contribution is 7.99. The van der Waals surface area contributed by atoms with E-state index in [0.29, 0.717) is 12.5 Å². The Kier molecular flexibility index (Phi) is 5.93. The standard InChI is InChI=1S/C18H28N2OS/c1-14(2)16(22-11-15-7-5-4-6-8-15)17(21)20-10-9-18(3,12-19)13-20/h4-8,14,16H,9-13,19H2,1-3H3. The maximum absolute atomic E-state index is 12.9. The molecule has 1 saturated heterocycles. The summed E-state index contributed by atoms with van der Waals surface area (Å²) in [7, 11) is 0. The third kappa shape index (κ3) is 4.26. The van der Waals surface area contributed by atoms with Crippen molar-refractivity contribution >= 4 is 17.7 Å². The second-order valence-electron chi connectivity index (χ2n) is 6.99. The summed E-state index contributed by atoms with van der Waals surface area (Å²) in [6.07, 6.45) is 1.02. The number of likely N-dealkylation sites (tertiary alicyclic amines) is 1. The fraction of sp³-hybridized carbons (Fsp3) is 0.611. The molecule has 1 aromatic carbocycles. The number of hydrogen-bond acceptors (Lipinski definition) is 3. The van der Waals surface area contributed by atoms with Crippen LogP contribution in [0.1, 0.15) is 32.8 Å². The second kappa shape index (κ2) is 7.51. The molecule has 22 heavy (non-hydrogen) atoms. The number of benzene rings is 1. The monoisotopic (exact) mass is 320 g/mol. The summed E-state index contributed by atoms with van der Waals surface area (Å²) >= 11 is 1.76. The van der Waals surface area contributed by atoms with Gasteiger partial charge in [0.1, 0.15) is 0 Å². The summed E-state index contributed by atoms with van der Waals surface area (Å²) in [4.78, 5) is 14.9. The molecule has 2 rings (SSSR count). The third-order valence-electron chi connectivity index (χ3n) is 4.48. The third-order valence-corrected chi connectivity index (χ3v) is 6.09. The first kappa shape index (κ1) is 17.4. The molecular weight excluding hydrogens is 292 g/mol. The van der Waals surface area contributed by atoms with E-state index in [1.54, 1.807) is 11.8 Å². The van der Waals surface area contributed by atoms with Gasteiger partial charge < -0.3 is 10.6 Å². The minimum absolute atomic E-state index is 0.0281. The second-order valence-corrected chi connectivity index (χ2v) is 8.12. The Hall–Kier alpha value is -1.00. The van der Waals surface area contributed by atoms with E-state index in [2.05, 4.69) is 45.0 Å². The molecule has 0 bridgehead atoms. The van der Waals surface area contributed by atoms with E-state index < -0.39 is 0 Å². The van der Waals surface area contributed by atoms with Gasteiger partial charge in [-0.15, -0.1) is 11.8 Å². The number of carbonyl (C=O) groups is 1. The lowest BCUT2D eigenvalue weighted by molar-refractivity contribution is -0.130. The summed E-state index contributed by atoms with van der Waals surface area (Å²) in [5.74, 6) is 1.51. The molecule has 1 aromatic rings. The van der Waals surface area contributed by atoms with Crippen LogP contribution in [0, 0.1) is 11.3 Å². The first-order chi connectivity index (χ1) is 10.4. The molecule has 1 aliphatic rings. The Bertz CT molecular complexity index is 491. The van der Waals surface area contributed by atoms with Gasteiger partial charge in [0.2, 0.25) is 5.91 Å². The maximum Gasteiger partial charge on any atom is 0.235 e. The lowest BCUT2D eigenvalue weighted by Gasteiger charge is -2.27. The zero-order valence-corrected chi connectivity index (χ0v) is 14.7. The van der Waals surface area contributed by atoms with Crippen molar-refractivity contribution in [1.82, 2.24) is 4.90 Å². The molecule has 122 valence electrons. The van der Waals surface area contributed by atoms with Crippen molar-refractivity contribution < 1.29 is 4.79 Å². The van der Waals surface area contributed by atoms with Crippen molar-refractivity contribution in [3.05, 3.63) is 35.9 Å². The van der Waals surface area contributed by atoms with Crippen LogP contribution in [0.5, 0.6) is 0 Å². The number of nitrogens with zero attached hydrogens (tertiary/aromatic N) is 1. The highest BCUT2D eigenvalue weighted by Gasteiger charge is 2.37. The molecule has 2 unspecified atom stereocenters. The topological polar surface area (TPSA) is 46.3 Å². The molecule has 0 radical (unpaired) electrons. The molecular formula is C18H28N2OS. The molecule has 1 heterocycles. The van der Waals surface area contributed by atoms with Crippen LogP contribution in [0.25, 0.3) is 0 Å². The van der Waals surface area contributed by atoms with Crippen molar-refractivity contribution in [3.63, 3.8) is 0 Å². The smallest absolute Gasteiger partial charge is 0.235 e. The SMILES string of the molecule is CC(C)C(SCc1ccccc1)C(=O)N1CCC(C)(CN)C1. The van der Waals surface area contributed by atoms with E-state index in [1.165, 1.54) is 5.56 Å². The quantitative estimate of drug-likeness (QED) is 0.876. The fourth-order valence-electron chi connectivity index (χ4n) is 2.87. The molecule has 0 aromatic heterocycles. The van der Waals surface area contributed by atoms with Gasteiger partial charge >= 0.3 is 0 Å². The van der Waals surface area contributed by atoms with Crippen LogP contribution in [0.15, 0.2) is 30.3 Å². The molecule has 2 atom stereocenters. The Labute approximate surface area is 138 Å². The van der Waals surface area contributed by atoms with Gasteiger partial charge in [0.25, 0.3) is 0 Å². The van der Waals surface area contributed by atoms with Gasteiger partial charge in [0, 0.05) is 18.8 Å². The molecule has 0 aliphatic carbocycles. The molecule has 1 aliphatic heterocycles. The van der Waals surface area contributed by atoms with Crippen molar-refractivity contribution in [2.75, 3.05) is 19.6 Å². The number of amides is 1. The highest BCUT2D eigenvalue weighted by atomic mass is 32.2. The van der Waals surface area contributed by atoms with Gasteiger partial charge in [-0.05, 0) is 29.9 Å². The van der Waals surface area contributed by atoms with Crippen molar-refractivity contribution in [2.24, 2.45) is 17.1 Å². The van der Waals surface area contributed by atoms with E-state index in [0.717, 1.165) is 25.3 Å². The normalized spacial score (nSPS) is 23.0. The van der Waals surface area contributed by atoms with Crippen LogP contribution in [0.2, 0.25) is 0 Å². The lowest BCUT2D eigenvalue weighted by atomic mass is 9.90. The van der Waals surface area contributed by atoms with Crippen molar-refractivity contribution in [1.29, 1.82) is 0 Å². The number of rotatable bonds is 6. The van der Waals surface area contributed by atoms with Gasteiger partial charge in [-0.1, -0.05) is 51.1 Å². The van der Waals surface area contributed by atoms with E-state index in [9.17, 15) is 4.79 Å². The van der Waals surface area contributed by atoms with Gasteiger partial charge in [-0.3, -0.25) is 4.79 Å². The fourth-order valence-corrected chi connectivity index (χ4v) is 4.11. The zero-order chi connectivity index (χ0) is 16.2. The van der Waals surface area contributed by atoms with Gasteiger partial charge in [0.15, 0.2) is 0 Å². The number of nitrogens with two attached hydrogens (primary N) is 1. The van der Waals surface area contributed by atoms with E-state index in [1.807, 2.05) is 11.0 Å². The first-order valence-corrected chi connectivity index (χ1v) is 9.14. The predicted molar refractivity (Wildman–Crippen MR) is 94.7 cm³/mol. The molecule has 0 saturated carbocycles. The van der Waals surface area contributed by atoms with Gasteiger partial charge in [-0.2, -0.15) is 0 Å². The molecule has 1 fully saturated rings.